The first-order valence-corrected chi connectivity index (χ1v) is 14.0. The van der Waals surface area contributed by atoms with Crippen LogP contribution in [0.2, 0.25) is 0 Å². The highest BCUT2D eigenvalue weighted by atomic mass is 32.1. The van der Waals surface area contributed by atoms with Crippen LogP contribution in [0.5, 0.6) is 0 Å². The van der Waals surface area contributed by atoms with Gasteiger partial charge in [-0.1, -0.05) is 0 Å². The Labute approximate surface area is 224 Å². The number of aromatic nitrogens is 2. The lowest BCUT2D eigenvalue weighted by Crippen LogP contribution is -2.42. The number of ether oxygens (including phenoxy) is 1. The van der Waals surface area contributed by atoms with E-state index in [-0.39, 0.29) is 17.6 Å². The number of anilines is 3. The highest BCUT2D eigenvalue weighted by molar-refractivity contribution is 7.19. The summed E-state index contributed by atoms with van der Waals surface area (Å²) in [6.07, 6.45) is 1.52. The Bertz CT molecular complexity index is 1350. The van der Waals surface area contributed by atoms with E-state index in [4.69, 9.17) is 15.6 Å². The third-order valence-corrected chi connectivity index (χ3v) is 8.80. The summed E-state index contributed by atoms with van der Waals surface area (Å²) in [4.78, 5) is 17.2. The van der Waals surface area contributed by atoms with E-state index < -0.39 is 6.43 Å². The zero-order valence-corrected chi connectivity index (χ0v) is 22.2. The molecule has 1 aromatic carbocycles. The number of rotatable bonds is 4. The number of halogens is 2. The maximum atomic E-state index is 14.4. The van der Waals surface area contributed by atoms with Crippen molar-refractivity contribution in [2.24, 2.45) is 0 Å². The van der Waals surface area contributed by atoms with Crippen molar-refractivity contribution >= 4 is 33.9 Å². The van der Waals surface area contributed by atoms with E-state index in [9.17, 15) is 13.6 Å². The van der Waals surface area contributed by atoms with Crippen LogP contribution in [0, 0.1) is 0 Å². The molecule has 1 saturated heterocycles. The fourth-order valence-corrected chi connectivity index (χ4v) is 6.78. The predicted octanol–water partition coefficient (Wildman–Crippen LogP) is 5.26. The molecule has 0 bridgehead atoms. The van der Waals surface area contributed by atoms with E-state index in [1.807, 2.05) is 12.1 Å². The standard InChI is InChI=1S/C27H32F2N6O2S/c1-31-27(36)33-10-6-21-20(15-33)26(32-35(21)17-7-11-37-12-8-17)34-9-2-3-16-13-18(23-4-5-24(30)38-23)19(25(28)29)14-22(16)34/h4-5,13-14,17,25H,2-3,6-12,15,30H2,1H3,(H,31,36). The lowest BCUT2D eigenvalue weighted by Gasteiger charge is -2.33. The quantitative estimate of drug-likeness (QED) is 0.469. The number of carbonyl (C=O) groups excluding carboxylic acids is 1. The number of hydrogen-bond donors (Lipinski definition) is 2. The highest BCUT2D eigenvalue weighted by Crippen LogP contribution is 2.44. The number of urea groups is 1. The molecule has 3 N–H and O–H groups in total. The number of aryl methyl sites for hydroxylation is 1. The van der Waals surface area contributed by atoms with Crippen molar-refractivity contribution in [1.82, 2.24) is 20.0 Å². The Balaban J connectivity index is 1.46. The molecular formula is C27H32F2N6O2S. The first-order valence-electron chi connectivity index (χ1n) is 13.2. The van der Waals surface area contributed by atoms with Crippen LogP contribution in [0.1, 0.15) is 54.1 Å². The van der Waals surface area contributed by atoms with Crippen molar-refractivity contribution in [3.05, 3.63) is 46.6 Å². The minimum absolute atomic E-state index is 0.00205. The van der Waals surface area contributed by atoms with Crippen LogP contribution in [0.4, 0.5) is 30.1 Å². The Morgan fingerprint density at radius 3 is 2.74 bits per heavy atom. The maximum Gasteiger partial charge on any atom is 0.317 e. The third kappa shape index (κ3) is 4.41. The van der Waals surface area contributed by atoms with Gasteiger partial charge in [-0.2, -0.15) is 5.10 Å². The fourth-order valence-electron chi connectivity index (χ4n) is 5.97. The Hall–Kier alpha value is -3.18. The van der Waals surface area contributed by atoms with E-state index in [1.165, 1.54) is 11.3 Å². The summed E-state index contributed by atoms with van der Waals surface area (Å²) >= 11 is 1.32. The first kappa shape index (κ1) is 25.1. The lowest BCUT2D eigenvalue weighted by molar-refractivity contribution is 0.0651. The second-order valence-electron chi connectivity index (χ2n) is 10.1. The summed E-state index contributed by atoms with van der Waals surface area (Å²) in [6, 6.07) is 7.23. The van der Waals surface area contributed by atoms with Crippen molar-refractivity contribution in [3.8, 4) is 10.4 Å². The smallest absolute Gasteiger partial charge is 0.317 e. The van der Waals surface area contributed by atoms with E-state index in [0.29, 0.717) is 49.8 Å². The van der Waals surface area contributed by atoms with Gasteiger partial charge in [0.15, 0.2) is 5.82 Å². The largest absolute Gasteiger partial charge is 0.391 e. The molecule has 3 aromatic rings. The van der Waals surface area contributed by atoms with Crippen LogP contribution in [0.15, 0.2) is 24.3 Å². The molecular weight excluding hydrogens is 510 g/mol. The molecule has 202 valence electrons. The molecule has 38 heavy (non-hydrogen) atoms. The van der Waals surface area contributed by atoms with Gasteiger partial charge in [0, 0.05) is 72.7 Å². The average molecular weight is 543 g/mol. The fraction of sp³-hybridized carbons (Fsp3) is 0.481. The zero-order valence-electron chi connectivity index (χ0n) is 21.4. The molecule has 6 rings (SSSR count). The molecule has 0 spiro atoms. The van der Waals surface area contributed by atoms with Crippen molar-refractivity contribution < 1.29 is 18.3 Å². The molecule has 11 heteroatoms. The van der Waals surface area contributed by atoms with Gasteiger partial charge in [0.05, 0.1) is 17.6 Å². The molecule has 0 saturated carbocycles. The van der Waals surface area contributed by atoms with E-state index in [1.54, 1.807) is 24.1 Å². The Morgan fingerprint density at radius 2 is 2.03 bits per heavy atom. The summed E-state index contributed by atoms with van der Waals surface area (Å²) < 4.78 is 36.5. The molecule has 8 nitrogen and oxygen atoms in total. The average Bonchev–Trinajstić information content (AvgIpc) is 3.55. The zero-order chi connectivity index (χ0) is 26.4. The Kier molecular flexibility index (Phi) is 6.73. The number of nitrogens with one attached hydrogen (secondary N) is 1. The van der Waals surface area contributed by atoms with Crippen LogP contribution < -0.4 is 16.0 Å². The van der Waals surface area contributed by atoms with Crippen LogP contribution >= 0.6 is 11.3 Å². The number of hydrogen-bond acceptors (Lipinski definition) is 6. The maximum absolute atomic E-state index is 14.4. The monoisotopic (exact) mass is 542 g/mol. The number of amides is 2. The van der Waals surface area contributed by atoms with Gasteiger partial charge in [-0.3, -0.25) is 4.68 Å². The third-order valence-electron chi connectivity index (χ3n) is 7.85. The van der Waals surface area contributed by atoms with Crippen molar-refractivity contribution in [3.63, 3.8) is 0 Å². The number of carbonyl (C=O) groups is 1. The molecule has 0 radical (unpaired) electrons. The topological polar surface area (TPSA) is 88.7 Å². The molecule has 2 amide bonds. The summed E-state index contributed by atoms with van der Waals surface area (Å²) in [5.74, 6) is 0.773. The normalized spacial score (nSPS) is 18.0. The lowest BCUT2D eigenvalue weighted by atomic mass is 9.94. The SMILES string of the molecule is CNC(=O)N1CCc2c(c(N3CCCc4cc(-c5ccc(N)s5)c(C(F)F)cc43)nn2C2CCOCC2)C1. The second-order valence-corrected chi connectivity index (χ2v) is 11.2. The van der Waals surface area contributed by atoms with Gasteiger partial charge in [-0.05, 0) is 55.5 Å². The van der Waals surface area contributed by atoms with Gasteiger partial charge in [-0.25, -0.2) is 13.6 Å². The summed E-state index contributed by atoms with van der Waals surface area (Å²) in [6.45, 7) is 3.12. The minimum atomic E-state index is -2.63. The number of alkyl halides is 2. The number of nitrogens with zero attached hydrogens (tertiary/aromatic N) is 4. The summed E-state index contributed by atoms with van der Waals surface area (Å²) in [5, 5.41) is 8.48. The predicted molar refractivity (Wildman–Crippen MR) is 144 cm³/mol. The molecule has 1 fully saturated rings. The second kappa shape index (κ2) is 10.2. The van der Waals surface area contributed by atoms with Crippen LogP contribution in [-0.2, 0) is 24.1 Å². The number of nitrogens with two attached hydrogens (primary N) is 1. The molecule has 3 aliphatic rings. The number of benzene rings is 1. The molecule has 3 aliphatic heterocycles. The molecule has 0 aliphatic carbocycles. The highest BCUT2D eigenvalue weighted by Gasteiger charge is 2.34. The number of fused-ring (bicyclic) bond motifs is 2. The van der Waals surface area contributed by atoms with Crippen LogP contribution in [-0.4, -0.2) is 54.1 Å². The van der Waals surface area contributed by atoms with Crippen molar-refractivity contribution in [1.29, 1.82) is 0 Å². The summed E-state index contributed by atoms with van der Waals surface area (Å²) in [7, 11) is 1.63. The van der Waals surface area contributed by atoms with Crippen molar-refractivity contribution in [2.75, 3.05) is 44.0 Å². The van der Waals surface area contributed by atoms with E-state index in [0.717, 1.165) is 58.9 Å². The molecule has 2 aromatic heterocycles. The molecule has 0 atom stereocenters. The molecule has 5 heterocycles. The van der Waals surface area contributed by atoms with Gasteiger partial charge >= 0.3 is 6.03 Å². The van der Waals surface area contributed by atoms with Crippen molar-refractivity contribution in [2.45, 2.75) is 51.1 Å². The Morgan fingerprint density at radius 1 is 1.21 bits per heavy atom. The first-order chi connectivity index (χ1) is 18.4. The van der Waals surface area contributed by atoms with Gasteiger partial charge in [-0.15, -0.1) is 11.3 Å². The van der Waals surface area contributed by atoms with Gasteiger partial charge < -0.3 is 25.6 Å². The van der Waals surface area contributed by atoms with E-state index in [2.05, 4.69) is 14.9 Å². The van der Waals surface area contributed by atoms with Crippen LogP contribution in [0.25, 0.3) is 10.4 Å². The minimum Gasteiger partial charge on any atom is -0.391 e. The van der Waals surface area contributed by atoms with E-state index >= 15 is 0 Å². The summed E-state index contributed by atoms with van der Waals surface area (Å²) in [5.41, 5.74) is 10.4. The van der Waals surface area contributed by atoms with Gasteiger partial charge in [0.25, 0.3) is 6.43 Å². The number of nitrogen functional groups attached to an aromatic ring is 1. The molecule has 0 unspecified atom stereocenters. The number of thiophene rings is 1. The van der Waals surface area contributed by atoms with Gasteiger partial charge in [0.2, 0.25) is 0 Å². The van der Waals surface area contributed by atoms with Crippen LogP contribution in [0.3, 0.4) is 0 Å². The van der Waals surface area contributed by atoms with Gasteiger partial charge in [0.1, 0.15) is 0 Å².